The molecule has 0 spiro atoms. The van der Waals surface area contributed by atoms with E-state index in [0.29, 0.717) is 6.42 Å². The summed E-state index contributed by atoms with van der Waals surface area (Å²) in [5.74, 6) is 3.34. The van der Waals surface area contributed by atoms with Gasteiger partial charge >= 0.3 is 6.09 Å². The van der Waals surface area contributed by atoms with Crippen LogP contribution in [0.3, 0.4) is 0 Å². The van der Waals surface area contributed by atoms with Crippen LogP contribution in [0, 0.1) is 11.5 Å². The van der Waals surface area contributed by atoms with Gasteiger partial charge < -0.3 is 19.6 Å². The molecule has 202 valence electrons. The number of amides is 1. The largest absolute Gasteiger partial charge is 0.444 e. The molecule has 2 aromatic carbocycles. The highest BCUT2D eigenvalue weighted by Crippen LogP contribution is 2.38. The monoisotopic (exact) mass is 539 g/mol. The van der Waals surface area contributed by atoms with Crippen molar-refractivity contribution in [3.63, 3.8) is 0 Å². The van der Waals surface area contributed by atoms with E-state index >= 15 is 0 Å². The smallest absolute Gasteiger partial charge is 0.408 e. The summed E-state index contributed by atoms with van der Waals surface area (Å²) in [6.07, 6.45) is -0.746. The van der Waals surface area contributed by atoms with Crippen molar-refractivity contribution in [3.8, 4) is 11.5 Å². The van der Waals surface area contributed by atoms with Crippen LogP contribution in [0.1, 0.15) is 48.0 Å². The lowest BCUT2D eigenvalue weighted by Crippen LogP contribution is -2.69. The Morgan fingerprint density at radius 3 is 1.78 bits per heavy atom. The molecule has 0 aliphatic carbocycles. The summed E-state index contributed by atoms with van der Waals surface area (Å²) >= 11 is 0. The molecule has 1 amide bonds. The minimum atomic E-state index is -2.94. The van der Waals surface area contributed by atoms with E-state index in [9.17, 15) is 9.90 Å². The Bertz CT molecular complexity index is 1020. The van der Waals surface area contributed by atoms with E-state index < -0.39 is 40.2 Å². The summed E-state index contributed by atoms with van der Waals surface area (Å²) in [6, 6.07) is 20.0. The number of aliphatic hydroxyl groups is 1. The van der Waals surface area contributed by atoms with Gasteiger partial charge in [0.1, 0.15) is 13.7 Å². The van der Waals surface area contributed by atoms with Crippen LogP contribution in [0.5, 0.6) is 0 Å². The van der Waals surface area contributed by atoms with Crippen LogP contribution in [0.15, 0.2) is 60.7 Å². The van der Waals surface area contributed by atoms with Gasteiger partial charge in [0, 0.05) is 6.42 Å². The molecule has 0 fully saturated rings. The van der Waals surface area contributed by atoms with Gasteiger partial charge in [0.25, 0.3) is 8.32 Å². The number of rotatable bonds is 8. The molecule has 0 heterocycles. The number of ether oxygens (including phenoxy) is 1. The predicted molar refractivity (Wildman–Crippen MR) is 158 cm³/mol. The Labute approximate surface area is 226 Å². The van der Waals surface area contributed by atoms with Crippen LogP contribution < -0.4 is 15.7 Å². The summed E-state index contributed by atoms with van der Waals surface area (Å²) in [5, 5.41) is 15.3. The van der Waals surface area contributed by atoms with Gasteiger partial charge in [-0.1, -0.05) is 101 Å². The maximum absolute atomic E-state index is 12.8. The number of hydrogen-bond donors (Lipinski definition) is 2. The van der Waals surface area contributed by atoms with Gasteiger partial charge in [-0.2, -0.15) is 0 Å². The number of benzene rings is 2. The molecule has 2 aromatic rings. The van der Waals surface area contributed by atoms with Crippen molar-refractivity contribution in [3.05, 3.63) is 60.7 Å². The molecule has 0 saturated heterocycles. The van der Waals surface area contributed by atoms with Crippen LogP contribution in [0.2, 0.25) is 24.7 Å². The molecule has 0 aliphatic rings. The normalized spacial score (nSPS) is 14.2. The van der Waals surface area contributed by atoms with E-state index in [1.54, 1.807) is 0 Å². The van der Waals surface area contributed by atoms with Crippen molar-refractivity contribution in [2.24, 2.45) is 0 Å². The highest BCUT2D eigenvalue weighted by atomic mass is 28.4. The van der Waals surface area contributed by atoms with Gasteiger partial charge in [-0.3, -0.25) is 0 Å². The van der Waals surface area contributed by atoms with Crippen LogP contribution >= 0.6 is 0 Å². The third-order valence-electron chi connectivity index (χ3n) is 5.86. The summed E-state index contributed by atoms with van der Waals surface area (Å²) in [7, 11) is -4.58. The number of aliphatic hydroxyl groups excluding tert-OH is 1. The van der Waals surface area contributed by atoms with Gasteiger partial charge in [0.2, 0.25) is 0 Å². The van der Waals surface area contributed by atoms with Crippen LogP contribution in [-0.2, 0) is 9.16 Å². The lowest BCUT2D eigenvalue weighted by atomic mass is 10.1. The molecule has 2 rings (SSSR count). The molecule has 7 heteroatoms. The van der Waals surface area contributed by atoms with E-state index in [0.717, 1.165) is 10.4 Å². The second kappa shape index (κ2) is 12.4. The first-order chi connectivity index (χ1) is 17.1. The molecule has 0 aliphatic heterocycles. The van der Waals surface area contributed by atoms with Gasteiger partial charge in [0.05, 0.1) is 18.8 Å². The molecular weight excluding hydrogens is 495 g/mol. The molecule has 0 bridgehead atoms. The first-order valence-corrected chi connectivity index (χ1v) is 18.4. The van der Waals surface area contributed by atoms with Crippen LogP contribution in [-0.4, -0.2) is 51.9 Å². The van der Waals surface area contributed by atoms with Crippen molar-refractivity contribution in [2.75, 3.05) is 6.61 Å². The Balaban J connectivity index is 2.66. The predicted octanol–water partition coefficient (Wildman–Crippen LogP) is 5.09. The Morgan fingerprint density at radius 2 is 1.41 bits per heavy atom. The van der Waals surface area contributed by atoms with E-state index in [-0.39, 0.29) is 11.6 Å². The van der Waals surface area contributed by atoms with E-state index in [1.807, 2.05) is 57.2 Å². The molecule has 2 atom stereocenters. The first kappa shape index (κ1) is 30.8. The van der Waals surface area contributed by atoms with Crippen molar-refractivity contribution >= 4 is 32.9 Å². The molecule has 0 radical (unpaired) electrons. The molecule has 2 N–H and O–H groups in total. The highest BCUT2D eigenvalue weighted by Gasteiger charge is 2.52. The Morgan fingerprint density at radius 1 is 0.919 bits per heavy atom. The van der Waals surface area contributed by atoms with Gasteiger partial charge in [0.15, 0.2) is 0 Å². The number of carbonyl (C=O) groups excluding carboxylic acids is 1. The van der Waals surface area contributed by atoms with Crippen molar-refractivity contribution in [1.82, 2.24) is 5.32 Å². The molecule has 0 saturated carbocycles. The van der Waals surface area contributed by atoms with Crippen molar-refractivity contribution in [2.45, 2.75) is 90.4 Å². The van der Waals surface area contributed by atoms with Gasteiger partial charge in [-0.05, 0) is 36.2 Å². The zero-order valence-corrected chi connectivity index (χ0v) is 26.0. The first-order valence-electron chi connectivity index (χ1n) is 13.0. The number of hydrogen-bond acceptors (Lipinski definition) is 4. The lowest BCUT2D eigenvalue weighted by molar-refractivity contribution is 0.0381. The van der Waals surface area contributed by atoms with E-state index in [2.05, 4.69) is 81.5 Å². The van der Waals surface area contributed by atoms with E-state index in [1.165, 1.54) is 0 Å². The van der Waals surface area contributed by atoms with Crippen LogP contribution in [0.25, 0.3) is 0 Å². The average molecular weight is 540 g/mol. The van der Waals surface area contributed by atoms with Gasteiger partial charge in [-0.25, -0.2) is 4.79 Å². The third kappa shape index (κ3) is 8.85. The van der Waals surface area contributed by atoms with Crippen molar-refractivity contribution < 1.29 is 19.1 Å². The van der Waals surface area contributed by atoms with Gasteiger partial charge in [-0.15, -0.1) is 11.5 Å². The molecule has 5 nitrogen and oxygen atoms in total. The SMILES string of the molecule is CC(C)(C)OC(=O)N[C@@H](CO)[C@@H](CC#C[Si](C)(C)C)O[Si](c1ccccc1)(c1ccccc1)C(C)(C)C. The Kier molecular flexibility index (Phi) is 10.4. The summed E-state index contributed by atoms with van der Waals surface area (Å²) < 4.78 is 12.8. The summed E-state index contributed by atoms with van der Waals surface area (Å²) in [4.78, 5) is 12.8. The second-order valence-electron chi connectivity index (χ2n) is 12.5. The molecular formula is C30H45NO4Si2. The zero-order chi connectivity index (χ0) is 27.9. The third-order valence-corrected chi connectivity index (χ3v) is 11.8. The number of carbonyl (C=O) groups is 1. The zero-order valence-electron chi connectivity index (χ0n) is 24.0. The maximum Gasteiger partial charge on any atom is 0.408 e. The maximum atomic E-state index is 12.8. The number of alkyl carbamates (subject to hydrolysis) is 1. The molecule has 0 unspecified atom stereocenters. The summed E-state index contributed by atoms with van der Waals surface area (Å²) in [6.45, 7) is 18.4. The van der Waals surface area contributed by atoms with Crippen molar-refractivity contribution in [1.29, 1.82) is 0 Å². The lowest BCUT2D eigenvalue weighted by Gasteiger charge is -2.46. The minimum Gasteiger partial charge on any atom is -0.444 e. The fraction of sp³-hybridized carbons (Fsp3) is 0.500. The fourth-order valence-electron chi connectivity index (χ4n) is 4.32. The Hall–Kier alpha value is -2.38. The average Bonchev–Trinajstić information content (AvgIpc) is 2.78. The number of nitrogens with one attached hydrogen (secondary N) is 1. The summed E-state index contributed by atoms with van der Waals surface area (Å²) in [5.41, 5.74) is 2.77. The standard InChI is InChI=1S/C30H45NO4Si2/c1-29(2,3)34-28(33)31-26(23-32)27(21-16-22-36(7,8)9)35-37(30(4,5)6,24-17-12-10-13-18-24)25-19-14-11-15-20-25/h10-15,17-20,26-27,32H,21,23H2,1-9H3,(H,31,33)/t26-,27+/m0/s1. The topological polar surface area (TPSA) is 67.8 Å². The second-order valence-corrected chi connectivity index (χ2v) is 21.5. The molecule has 0 aromatic heterocycles. The van der Waals surface area contributed by atoms with E-state index in [4.69, 9.17) is 9.16 Å². The quantitative estimate of drug-likeness (QED) is 0.362. The highest BCUT2D eigenvalue weighted by molar-refractivity contribution is 6.99. The fourth-order valence-corrected chi connectivity index (χ4v) is 9.67. The van der Waals surface area contributed by atoms with Crippen LogP contribution in [0.4, 0.5) is 4.79 Å². The minimum absolute atomic E-state index is 0.258. The molecule has 37 heavy (non-hydrogen) atoms.